The van der Waals surface area contributed by atoms with Crippen LogP contribution in [0.15, 0.2) is 66.7 Å². The molecule has 280 valence electrons. The minimum Gasteiger partial charge on any atom is -0.394 e. The van der Waals surface area contributed by atoms with Crippen molar-refractivity contribution in [1.82, 2.24) is 5.32 Å². The van der Waals surface area contributed by atoms with Crippen LogP contribution in [0.4, 0.5) is 0 Å². The second kappa shape index (κ2) is 24.3. The molecule has 0 aliphatic rings. The zero-order chi connectivity index (χ0) is 37.6. The summed E-state index contributed by atoms with van der Waals surface area (Å²) in [5.41, 5.74) is 5.55. The molecule has 0 saturated heterocycles. The van der Waals surface area contributed by atoms with E-state index in [1.807, 2.05) is 30.3 Å². The van der Waals surface area contributed by atoms with Crippen molar-refractivity contribution >= 4 is 5.91 Å². The molecule has 6 N–H and O–H groups in total. The summed E-state index contributed by atoms with van der Waals surface area (Å²) in [4.78, 5) is 13.4. The largest absolute Gasteiger partial charge is 0.394 e. The van der Waals surface area contributed by atoms with E-state index in [9.17, 15) is 25.2 Å². The topological polar surface area (TPSA) is 130 Å². The van der Waals surface area contributed by atoms with Crippen molar-refractivity contribution in [2.24, 2.45) is 0 Å². The summed E-state index contributed by atoms with van der Waals surface area (Å²) in [6.45, 7) is 3.25. The van der Waals surface area contributed by atoms with Crippen molar-refractivity contribution in [3.8, 4) is 23.7 Å². The summed E-state index contributed by atoms with van der Waals surface area (Å²) < 4.78 is 0. The first-order valence-electron chi connectivity index (χ1n) is 19.2. The Morgan fingerprint density at radius 2 is 1.02 bits per heavy atom. The van der Waals surface area contributed by atoms with Crippen LogP contribution in [-0.4, -0.2) is 69.0 Å². The van der Waals surface area contributed by atoms with Gasteiger partial charge in [-0.1, -0.05) is 126 Å². The van der Waals surface area contributed by atoms with Crippen molar-refractivity contribution in [2.45, 2.75) is 128 Å². The lowest BCUT2D eigenvalue weighted by molar-refractivity contribution is -0.113. The van der Waals surface area contributed by atoms with E-state index in [4.69, 9.17) is 5.11 Å². The first-order valence-corrected chi connectivity index (χ1v) is 19.2. The molecule has 0 heterocycles. The van der Waals surface area contributed by atoms with Crippen LogP contribution in [0.1, 0.15) is 135 Å². The highest BCUT2D eigenvalue weighted by molar-refractivity contribution is 5.97. The van der Waals surface area contributed by atoms with Gasteiger partial charge in [0.15, 0.2) is 0 Å². The summed E-state index contributed by atoms with van der Waals surface area (Å²) >= 11 is 0. The predicted molar refractivity (Wildman–Crippen MR) is 209 cm³/mol. The lowest BCUT2D eigenvalue weighted by atomic mass is 10.0. The average molecular weight is 710 g/mol. The van der Waals surface area contributed by atoms with Crippen LogP contribution < -0.4 is 5.32 Å². The fourth-order valence-corrected chi connectivity index (χ4v) is 5.91. The molecule has 7 nitrogen and oxygen atoms in total. The van der Waals surface area contributed by atoms with Crippen LogP contribution in [0.5, 0.6) is 0 Å². The lowest BCUT2D eigenvalue weighted by Crippen LogP contribution is -2.49. The minimum atomic E-state index is -1.79. The fourth-order valence-electron chi connectivity index (χ4n) is 5.91. The molecule has 0 spiro atoms. The van der Waals surface area contributed by atoms with Gasteiger partial charge in [-0.25, -0.2) is 0 Å². The monoisotopic (exact) mass is 709 g/mol. The van der Waals surface area contributed by atoms with Crippen molar-refractivity contribution in [3.05, 3.63) is 106 Å². The Hall–Kier alpha value is -3.95. The summed E-state index contributed by atoms with van der Waals surface area (Å²) in [7, 11) is 0. The number of carbonyl (C=O) groups is 1. The molecule has 52 heavy (non-hydrogen) atoms. The third-order valence-electron chi connectivity index (χ3n) is 9.30. The molecule has 0 saturated carbocycles. The number of unbranched alkanes of at least 4 members (excludes halogenated alkanes) is 10. The van der Waals surface area contributed by atoms with E-state index in [0.717, 1.165) is 24.0 Å². The Kier molecular flexibility index (Phi) is 19.9. The summed E-state index contributed by atoms with van der Waals surface area (Å²) in [6, 6.07) is 21.6. The molecule has 3 aromatic rings. The maximum absolute atomic E-state index is 13.4. The van der Waals surface area contributed by atoms with Gasteiger partial charge in [-0.15, -0.1) is 0 Å². The fraction of sp³-hybridized carbons (Fsp3) is 0.489. The molecule has 0 fully saturated rings. The lowest BCUT2D eigenvalue weighted by Gasteiger charge is -2.25. The zero-order valence-electron chi connectivity index (χ0n) is 31.1. The van der Waals surface area contributed by atoms with E-state index in [1.54, 1.807) is 12.1 Å². The van der Waals surface area contributed by atoms with Gasteiger partial charge in [-0.05, 0) is 79.3 Å². The third-order valence-corrected chi connectivity index (χ3v) is 9.30. The quantitative estimate of drug-likeness (QED) is 0.0557. The van der Waals surface area contributed by atoms with Crippen molar-refractivity contribution in [3.63, 3.8) is 0 Å². The normalized spacial score (nSPS) is 13.2. The Labute approximate surface area is 311 Å². The average Bonchev–Trinajstić information content (AvgIpc) is 3.17. The molecule has 0 aliphatic carbocycles. The van der Waals surface area contributed by atoms with E-state index in [1.165, 1.54) is 88.2 Å². The van der Waals surface area contributed by atoms with E-state index in [0.29, 0.717) is 11.1 Å². The van der Waals surface area contributed by atoms with E-state index in [2.05, 4.69) is 67.1 Å². The second-order valence-corrected chi connectivity index (χ2v) is 13.7. The van der Waals surface area contributed by atoms with Gasteiger partial charge in [0.25, 0.3) is 5.91 Å². The first kappa shape index (κ1) is 42.5. The number of nitrogens with one attached hydrogen (secondary N) is 1. The SMILES string of the molecule is CCCCCCCCc1ccc(C#Cc2ccc(C#Cc3ccc(CCCCCCCC)cc3)c(C(=O)NC[C@@H](O)[C@@H](O)[C@@H](O)[C@H](O)CO)c2)cc1. The smallest absolute Gasteiger partial charge is 0.252 e. The van der Waals surface area contributed by atoms with Crippen molar-refractivity contribution in [1.29, 1.82) is 0 Å². The van der Waals surface area contributed by atoms with Crippen molar-refractivity contribution in [2.75, 3.05) is 13.2 Å². The first-order chi connectivity index (χ1) is 25.2. The van der Waals surface area contributed by atoms with Gasteiger partial charge >= 0.3 is 0 Å². The van der Waals surface area contributed by atoms with E-state index >= 15 is 0 Å². The number of benzene rings is 3. The van der Waals surface area contributed by atoms with Crippen LogP contribution in [0.2, 0.25) is 0 Å². The maximum atomic E-state index is 13.4. The number of hydrogen-bond acceptors (Lipinski definition) is 6. The number of aliphatic hydroxyl groups is 5. The Morgan fingerprint density at radius 1 is 0.577 bits per heavy atom. The van der Waals surface area contributed by atoms with Gasteiger partial charge in [-0.3, -0.25) is 4.79 Å². The molecule has 3 rings (SSSR count). The van der Waals surface area contributed by atoms with E-state index in [-0.39, 0.29) is 5.56 Å². The van der Waals surface area contributed by atoms with Crippen LogP contribution >= 0.6 is 0 Å². The maximum Gasteiger partial charge on any atom is 0.252 e. The zero-order valence-corrected chi connectivity index (χ0v) is 31.1. The second-order valence-electron chi connectivity index (χ2n) is 13.7. The molecule has 0 aromatic heterocycles. The number of aryl methyl sites for hydroxylation is 2. The minimum absolute atomic E-state index is 0.242. The number of amides is 1. The van der Waals surface area contributed by atoms with Crippen LogP contribution in [-0.2, 0) is 12.8 Å². The number of rotatable bonds is 21. The molecule has 0 aliphatic heterocycles. The summed E-state index contributed by atoms with van der Waals surface area (Å²) in [5, 5.41) is 51.9. The molecule has 1 amide bonds. The molecular weight excluding hydrogens is 650 g/mol. The van der Waals surface area contributed by atoms with Crippen molar-refractivity contribution < 1.29 is 30.3 Å². The van der Waals surface area contributed by atoms with Gasteiger partial charge < -0.3 is 30.8 Å². The predicted octanol–water partition coefficient (Wildman–Crippen LogP) is 6.46. The molecule has 0 bridgehead atoms. The van der Waals surface area contributed by atoms with Gasteiger partial charge in [0, 0.05) is 28.8 Å². The molecule has 3 aromatic carbocycles. The van der Waals surface area contributed by atoms with Crippen LogP contribution in [0.3, 0.4) is 0 Å². The number of hydrogen-bond donors (Lipinski definition) is 6. The highest BCUT2D eigenvalue weighted by Crippen LogP contribution is 2.15. The van der Waals surface area contributed by atoms with Gasteiger partial charge in [0.1, 0.15) is 18.3 Å². The summed E-state index contributed by atoms with van der Waals surface area (Å²) in [6.07, 6.45) is 10.4. The van der Waals surface area contributed by atoms with Crippen LogP contribution in [0, 0.1) is 23.7 Å². The third kappa shape index (κ3) is 15.3. The van der Waals surface area contributed by atoms with Gasteiger partial charge in [0.05, 0.1) is 18.3 Å². The number of aliphatic hydroxyl groups excluding tert-OH is 5. The molecule has 4 atom stereocenters. The molecule has 0 unspecified atom stereocenters. The highest BCUT2D eigenvalue weighted by atomic mass is 16.4. The van der Waals surface area contributed by atoms with E-state index < -0.39 is 43.5 Å². The number of carbonyl (C=O) groups excluding carboxylic acids is 1. The Morgan fingerprint density at radius 3 is 1.54 bits per heavy atom. The van der Waals surface area contributed by atoms with Gasteiger partial charge in [0.2, 0.25) is 0 Å². The molecule has 0 radical (unpaired) electrons. The van der Waals surface area contributed by atoms with Crippen LogP contribution in [0.25, 0.3) is 0 Å². The summed E-state index contributed by atoms with van der Waals surface area (Å²) in [5.74, 6) is 12.1. The highest BCUT2D eigenvalue weighted by Gasteiger charge is 2.30. The molecule has 7 heteroatoms. The Balaban J connectivity index is 1.74. The molecular formula is C45H59NO6. The Bertz CT molecular complexity index is 1600. The van der Waals surface area contributed by atoms with Gasteiger partial charge in [-0.2, -0.15) is 0 Å². The standard InChI is InChI=1S/C45H59NO6/c1-3-5-7-9-11-13-15-34-17-21-36(22-18-34)25-26-38-28-30-39(29-27-37-23-19-35(20-24-37)16-14-12-10-8-6-4-2)40(31-38)45(52)46-32-41(48)43(50)44(51)42(49)33-47/h17-24,28,30-31,41-44,47-51H,3-16,32-33H2,1-2H3,(H,46,52)/t41-,42-,43-,44+/m1/s1.